The first-order valence-electron chi connectivity index (χ1n) is 5.34. The standard InChI is InChI=1S/C13H15NO2/c1-10(13(15)16-2)11-6-5-9-14-8-4-3-7-12(11)14/h3-8,10H,9H2,1-2H3. The van der Waals surface area contributed by atoms with Crippen molar-refractivity contribution in [2.24, 2.45) is 5.92 Å². The van der Waals surface area contributed by atoms with Gasteiger partial charge in [-0.15, -0.1) is 0 Å². The van der Waals surface area contributed by atoms with Crippen LogP contribution < -0.4 is 0 Å². The van der Waals surface area contributed by atoms with Crippen LogP contribution >= 0.6 is 0 Å². The van der Waals surface area contributed by atoms with Gasteiger partial charge < -0.3 is 9.64 Å². The highest BCUT2D eigenvalue weighted by Gasteiger charge is 2.23. The normalized spacial score (nSPS) is 19.8. The van der Waals surface area contributed by atoms with E-state index in [9.17, 15) is 4.79 Å². The number of esters is 1. The summed E-state index contributed by atoms with van der Waals surface area (Å²) in [6.45, 7) is 2.72. The van der Waals surface area contributed by atoms with E-state index in [0.717, 1.165) is 17.8 Å². The van der Waals surface area contributed by atoms with Crippen LogP contribution in [0.15, 0.2) is 47.9 Å². The molecule has 0 aromatic rings. The van der Waals surface area contributed by atoms with Gasteiger partial charge in [-0.3, -0.25) is 4.79 Å². The van der Waals surface area contributed by atoms with E-state index in [1.165, 1.54) is 7.11 Å². The molecule has 0 aliphatic carbocycles. The fraction of sp³-hybridized carbons (Fsp3) is 0.308. The molecule has 0 amide bonds. The first-order chi connectivity index (χ1) is 7.74. The van der Waals surface area contributed by atoms with Crippen molar-refractivity contribution in [2.45, 2.75) is 6.92 Å². The largest absolute Gasteiger partial charge is 0.469 e. The number of rotatable bonds is 2. The number of carbonyl (C=O) groups excluding carboxylic acids is 1. The number of nitrogens with zero attached hydrogens (tertiary/aromatic N) is 1. The fourth-order valence-electron chi connectivity index (χ4n) is 1.95. The van der Waals surface area contributed by atoms with Gasteiger partial charge in [0.2, 0.25) is 0 Å². The average Bonchev–Trinajstić information content (AvgIpc) is 2.36. The molecule has 0 spiro atoms. The number of hydrogen-bond acceptors (Lipinski definition) is 3. The number of hydrogen-bond donors (Lipinski definition) is 0. The summed E-state index contributed by atoms with van der Waals surface area (Å²) in [6, 6.07) is 0. The van der Waals surface area contributed by atoms with Crippen molar-refractivity contribution >= 4 is 5.97 Å². The number of carbonyl (C=O) groups is 1. The zero-order valence-electron chi connectivity index (χ0n) is 9.51. The summed E-state index contributed by atoms with van der Waals surface area (Å²) in [5, 5.41) is 0. The van der Waals surface area contributed by atoms with Crippen LogP contribution in [0.25, 0.3) is 0 Å². The quantitative estimate of drug-likeness (QED) is 0.663. The van der Waals surface area contributed by atoms with Crippen molar-refractivity contribution in [3.63, 3.8) is 0 Å². The van der Waals surface area contributed by atoms with Crippen LogP contribution in [0.4, 0.5) is 0 Å². The predicted octanol–water partition coefficient (Wildman–Crippen LogP) is 2.00. The van der Waals surface area contributed by atoms with E-state index in [1.807, 2.05) is 37.4 Å². The molecule has 2 rings (SSSR count). The number of allylic oxidation sites excluding steroid dienone is 4. The van der Waals surface area contributed by atoms with E-state index in [-0.39, 0.29) is 11.9 Å². The van der Waals surface area contributed by atoms with Crippen molar-refractivity contribution in [1.82, 2.24) is 4.90 Å². The molecule has 1 unspecified atom stereocenters. The molecule has 3 nitrogen and oxygen atoms in total. The Kier molecular flexibility index (Phi) is 2.95. The molecule has 84 valence electrons. The van der Waals surface area contributed by atoms with E-state index < -0.39 is 0 Å². The van der Waals surface area contributed by atoms with Crippen LogP contribution in [-0.4, -0.2) is 24.5 Å². The summed E-state index contributed by atoms with van der Waals surface area (Å²) in [5.74, 6) is -0.424. The average molecular weight is 217 g/mol. The monoisotopic (exact) mass is 217 g/mol. The van der Waals surface area contributed by atoms with Crippen molar-refractivity contribution in [3.05, 3.63) is 47.9 Å². The van der Waals surface area contributed by atoms with Crippen LogP contribution in [0.5, 0.6) is 0 Å². The number of methoxy groups -OCH3 is 1. The highest BCUT2D eigenvalue weighted by atomic mass is 16.5. The van der Waals surface area contributed by atoms with E-state index >= 15 is 0 Å². The fourth-order valence-corrected chi connectivity index (χ4v) is 1.95. The number of ether oxygens (including phenoxy) is 1. The van der Waals surface area contributed by atoms with Crippen LogP contribution in [-0.2, 0) is 9.53 Å². The molecule has 0 saturated heterocycles. The third kappa shape index (κ3) is 1.81. The minimum atomic E-state index is -0.227. The van der Waals surface area contributed by atoms with Gasteiger partial charge in [-0.25, -0.2) is 0 Å². The Hall–Kier alpha value is -1.77. The molecular formula is C13H15NO2. The molecule has 0 radical (unpaired) electrons. The molecule has 2 heterocycles. The van der Waals surface area contributed by atoms with Crippen molar-refractivity contribution in [1.29, 1.82) is 0 Å². The summed E-state index contributed by atoms with van der Waals surface area (Å²) in [5.41, 5.74) is 2.10. The molecule has 2 aliphatic heterocycles. The van der Waals surface area contributed by atoms with Gasteiger partial charge >= 0.3 is 5.97 Å². The Balaban J connectivity index is 2.34. The SMILES string of the molecule is COC(=O)C(C)C1=C2C=CC=CN2CC=C1. The highest BCUT2D eigenvalue weighted by molar-refractivity contribution is 5.77. The Bertz CT molecular complexity index is 416. The third-order valence-corrected chi connectivity index (χ3v) is 2.86. The Morgan fingerprint density at radius 1 is 1.44 bits per heavy atom. The highest BCUT2D eigenvalue weighted by Crippen LogP contribution is 2.27. The second-order valence-electron chi connectivity index (χ2n) is 3.84. The van der Waals surface area contributed by atoms with Gasteiger partial charge in [0.15, 0.2) is 0 Å². The molecule has 1 atom stereocenters. The molecule has 0 fully saturated rings. The van der Waals surface area contributed by atoms with E-state index in [1.54, 1.807) is 0 Å². The van der Waals surface area contributed by atoms with Gasteiger partial charge in [-0.2, -0.15) is 0 Å². The van der Waals surface area contributed by atoms with Gasteiger partial charge in [0.05, 0.1) is 13.0 Å². The minimum Gasteiger partial charge on any atom is -0.469 e. The lowest BCUT2D eigenvalue weighted by molar-refractivity contribution is -0.143. The lowest BCUT2D eigenvalue weighted by atomic mass is 9.95. The lowest BCUT2D eigenvalue weighted by Gasteiger charge is -2.29. The van der Waals surface area contributed by atoms with Gasteiger partial charge in [0.25, 0.3) is 0 Å². The van der Waals surface area contributed by atoms with Crippen LogP contribution in [0.1, 0.15) is 6.92 Å². The van der Waals surface area contributed by atoms with Crippen molar-refractivity contribution in [3.8, 4) is 0 Å². The first-order valence-corrected chi connectivity index (χ1v) is 5.34. The smallest absolute Gasteiger partial charge is 0.312 e. The van der Waals surface area contributed by atoms with Crippen molar-refractivity contribution < 1.29 is 9.53 Å². The second-order valence-corrected chi connectivity index (χ2v) is 3.84. The summed E-state index contributed by atoms with van der Waals surface area (Å²) < 4.78 is 4.78. The summed E-state index contributed by atoms with van der Waals surface area (Å²) in [7, 11) is 1.42. The van der Waals surface area contributed by atoms with Crippen LogP contribution in [0.2, 0.25) is 0 Å². The zero-order chi connectivity index (χ0) is 11.5. The Morgan fingerprint density at radius 3 is 3.00 bits per heavy atom. The first kappa shape index (κ1) is 10.7. The van der Waals surface area contributed by atoms with Gasteiger partial charge in [-0.1, -0.05) is 18.2 Å². The van der Waals surface area contributed by atoms with Crippen molar-refractivity contribution in [2.75, 3.05) is 13.7 Å². The molecule has 0 aromatic heterocycles. The molecule has 2 aliphatic rings. The van der Waals surface area contributed by atoms with E-state index in [4.69, 9.17) is 4.74 Å². The maximum atomic E-state index is 11.5. The topological polar surface area (TPSA) is 29.5 Å². The Morgan fingerprint density at radius 2 is 2.25 bits per heavy atom. The second kappa shape index (κ2) is 4.39. The molecule has 0 aromatic carbocycles. The molecule has 0 saturated carbocycles. The summed E-state index contributed by atoms with van der Waals surface area (Å²) in [4.78, 5) is 13.7. The number of fused-ring (bicyclic) bond motifs is 1. The molecule has 0 bridgehead atoms. The van der Waals surface area contributed by atoms with E-state index in [0.29, 0.717) is 0 Å². The molecular weight excluding hydrogens is 202 g/mol. The molecule has 16 heavy (non-hydrogen) atoms. The molecule has 0 N–H and O–H groups in total. The third-order valence-electron chi connectivity index (χ3n) is 2.86. The maximum absolute atomic E-state index is 11.5. The van der Waals surface area contributed by atoms with Gasteiger partial charge in [0.1, 0.15) is 0 Å². The summed E-state index contributed by atoms with van der Waals surface area (Å²) >= 11 is 0. The lowest BCUT2D eigenvalue weighted by Crippen LogP contribution is -2.26. The van der Waals surface area contributed by atoms with Gasteiger partial charge in [-0.05, 0) is 24.6 Å². The molecule has 3 heteroatoms. The maximum Gasteiger partial charge on any atom is 0.312 e. The minimum absolute atomic E-state index is 0.197. The summed E-state index contributed by atoms with van der Waals surface area (Å²) in [6.07, 6.45) is 12.1. The van der Waals surface area contributed by atoms with Gasteiger partial charge in [0, 0.05) is 18.4 Å². The van der Waals surface area contributed by atoms with Crippen LogP contribution in [0, 0.1) is 5.92 Å². The Labute approximate surface area is 95.4 Å². The zero-order valence-corrected chi connectivity index (χ0v) is 9.51. The predicted molar refractivity (Wildman–Crippen MR) is 62.3 cm³/mol. The van der Waals surface area contributed by atoms with Crippen LogP contribution in [0.3, 0.4) is 0 Å². The van der Waals surface area contributed by atoms with E-state index in [2.05, 4.69) is 11.0 Å².